The first-order valence-electron chi connectivity index (χ1n) is 3.77. The van der Waals surface area contributed by atoms with Crippen molar-refractivity contribution in [1.82, 2.24) is 20.2 Å². The molecule has 2 aromatic rings. The van der Waals surface area contributed by atoms with Crippen molar-refractivity contribution < 1.29 is 0 Å². The molecule has 0 spiro atoms. The average molecular weight is 225 g/mol. The molecule has 1 N–H and O–H groups in total. The van der Waals surface area contributed by atoms with Crippen molar-refractivity contribution in [3.63, 3.8) is 0 Å². The minimum atomic E-state index is 0.354. The highest BCUT2D eigenvalue weighted by molar-refractivity contribution is 7.80. The molecule has 0 aliphatic rings. The second kappa shape index (κ2) is 3.86. The molecule has 0 radical (unpaired) electrons. The number of hydrogen-bond donors (Lipinski definition) is 2. The predicted molar refractivity (Wildman–Crippen MR) is 57.4 cm³/mol. The van der Waals surface area contributed by atoms with Gasteiger partial charge in [-0.1, -0.05) is 17.5 Å². The lowest BCUT2D eigenvalue weighted by Gasteiger charge is -1.89. The Kier molecular flexibility index (Phi) is 2.57. The number of aromatic amines is 1. The zero-order valence-electron chi connectivity index (χ0n) is 6.95. The van der Waals surface area contributed by atoms with Crippen LogP contribution >= 0.6 is 24.2 Å². The van der Waals surface area contributed by atoms with E-state index in [0.29, 0.717) is 27.6 Å². The highest BCUT2D eigenvalue weighted by atomic mass is 35.5. The second-order valence-corrected chi connectivity index (χ2v) is 3.10. The van der Waals surface area contributed by atoms with Gasteiger partial charge in [0.15, 0.2) is 5.65 Å². The number of thiol groups is 1. The van der Waals surface area contributed by atoms with Gasteiger partial charge in [0.1, 0.15) is 17.2 Å². The van der Waals surface area contributed by atoms with E-state index in [0.717, 1.165) is 0 Å². The molecule has 0 aromatic carbocycles. The van der Waals surface area contributed by atoms with Crippen LogP contribution in [-0.4, -0.2) is 25.9 Å². The molecule has 0 amide bonds. The van der Waals surface area contributed by atoms with E-state index in [1.165, 1.54) is 6.33 Å². The van der Waals surface area contributed by atoms with Gasteiger partial charge >= 0.3 is 0 Å². The molecule has 0 saturated heterocycles. The average Bonchev–Trinajstić information content (AvgIpc) is 2.59. The maximum absolute atomic E-state index is 5.88. The summed E-state index contributed by atoms with van der Waals surface area (Å²) in [5, 5.41) is 7.70. The molecule has 14 heavy (non-hydrogen) atoms. The summed E-state index contributed by atoms with van der Waals surface area (Å²) in [6.07, 6.45) is 1.36. The Morgan fingerprint density at radius 1 is 1.50 bits per heavy atom. The van der Waals surface area contributed by atoms with Crippen LogP contribution in [0.15, 0.2) is 6.33 Å². The molecule has 2 aromatic heterocycles. The molecule has 0 saturated carbocycles. The summed E-state index contributed by atoms with van der Waals surface area (Å²) in [6.45, 7) is 0. The van der Waals surface area contributed by atoms with Crippen LogP contribution in [0, 0.1) is 11.8 Å². The fraction of sp³-hybridized carbons (Fsp3) is 0.125. The Hall–Kier alpha value is -1.25. The molecule has 70 valence electrons. The number of hydrogen-bond acceptors (Lipinski definition) is 4. The summed E-state index contributed by atoms with van der Waals surface area (Å²) in [5.74, 6) is 6.13. The first kappa shape index (κ1) is 9.31. The number of fused-ring (bicyclic) bond motifs is 1. The normalized spacial score (nSPS) is 9.86. The summed E-state index contributed by atoms with van der Waals surface area (Å²) in [4.78, 5) is 7.80. The molecule has 2 heterocycles. The third kappa shape index (κ3) is 1.54. The molecule has 0 aliphatic carbocycles. The predicted octanol–water partition coefficient (Wildman–Crippen LogP) is 1.29. The van der Waals surface area contributed by atoms with Crippen molar-refractivity contribution in [1.29, 1.82) is 0 Å². The molecular weight excluding hydrogens is 220 g/mol. The van der Waals surface area contributed by atoms with E-state index in [1.807, 2.05) is 0 Å². The number of halogens is 1. The van der Waals surface area contributed by atoms with Crippen LogP contribution in [-0.2, 0) is 0 Å². The van der Waals surface area contributed by atoms with Crippen LogP contribution in [0.25, 0.3) is 11.0 Å². The second-order valence-electron chi connectivity index (χ2n) is 2.42. The Balaban J connectivity index is 2.67. The zero-order chi connectivity index (χ0) is 9.97. The van der Waals surface area contributed by atoms with Gasteiger partial charge in [0, 0.05) is 0 Å². The SMILES string of the molecule is SCC#Cc1[nH]nc2ncnc(Cl)c12. The highest BCUT2D eigenvalue weighted by Gasteiger charge is 2.08. The number of H-pyrrole nitrogens is 1. The number of nitrogens with one attached hydrogen (secondary N) is 1. The molecule has 0 fully saturated rings. The van der Waals surface area contributed by atoms with Gasteiger partial charge in [-0.3, -0.25) is 5.10 Å². The Morgan fingerprint density at radius 2 is 2.36 bits per heavy atom. The Morgan fingerprint density at radius 3 is 3.14 bits per heavy atom. The summed E-state index contributed by atoms with van der Waals surface area (Å²) in [7, 11) is 0. The molecular formula is C8H5ClN4S. The quantitative estimate of drug-likeness (QED) is 0.403. The van der Waals surface area contributed by atoms with E-state index in [-0.39, 0.29) is 0 Å². The van der Waals surface area contributed by atoms with Crippen LogP contribution in [0.1, 0.15) is 5.69 Å². The van der Waals surface area contributed by atoms with E-state index in [1.54, 1.807) is 0 Å². The number of rotatable bonds is 0. The lowest BCUT2D eigenvalue weighted by molar-refractivity contribution is 1.08. The highest BCUT2D eigenvalue weighted by Crippen LogP contribution is 2.19. The third-order valence-electron chi connectivity index (χ3n) is 1.60. The monoisotopic (exact) mass is 224 g/mol. The maximum Gasteiger partial charge on any atom is 0.186 e. The first-order valence-corrected chi connectivity index (χ1v) is 4.78. The standard InChI is InChI=1S/C8H5ClN4S/c9-7-6-5(2-1-3-14)12-13-8(6)11-4-10-7/h4,14H,3H2,(H,10,11,12,13). The summed E-state index contributed by atoms with van der Waals surface area (Å²) < 4.78 is 0. The fourth-order valence-electron chi connectivity index (χ4n) is 1.04. The van der Waals surface area contributed by atoms with Gasteiger partial charge in [-0.05, 0) is 5.92 Å². The van der Waals surface area contributed by atoms with Gasteiger partial charge in [-0.15, -0.1) is 0 Å². The van der Waals surface area contributed by atoms with E-state index in [2.05, 4.69) is 44.6 Å². The number of aromatic nitrogens is 4. The van der Waals surface area contributed by atoms with Crippen LogP contribution in [0.5, 0.6) is 0 Å². The third-order valence-corrected chi connectivity index (χ3v) is 2.04. The molecule has 0 unspecified atom stereocenters. The minimum Gasteiger partial charge on any atom is -0.267 e. The molecule has 4 nitrogen and oxygen atoms in total. The van der Waals surface area contributed by atoms with Gasteiger partial charge < -0.3 is 0 Å². The number of nitrogens with zero attached hydrogens (tertiary/aromatic N) is 3. The lowest BCUT2D eigenvalue weighted by Crippen LogP contribution is -1.82. The van der Waals surface area contributed by atoms with Crippen molar-refractivity contribution in [2.75, 3.05) is 5.75 Å². The molecule has 6 heteroatoms. The van der Waals surface area contributed by atoms with Gasteiger partial charge in [0.2, 0.25) is 0 Å². The van der Waals surface area contributed by atoms with E-state index in [9.17, 15) is 0 Å². The van der Waals surface area contributed by atoms with Crippen molar-refractivity contribution in [2.45, 2.75) is 0 Å². The molecule has 0 atom stereocenters. The topological polar surface area (TPSA) is 54.5 Å². The lowest BCUT2D eigenvalue weighted by atomic mass is 10.3. The van der Waals surface area contributed by atoms with Crippen LogP contribution in [0.3, 0.4) is 0 Å². The first-order chi connectivity index (χ1) is 6.83. The fourth-order valence-corrected chi connectivity index (χ4v) is 1.34. The summed E-state index contributed by atoms with van der Waals surface area (Å²) in [5.41, 5.74) is 1.15. The summed E-state index contributed by atoms with van der Waals surface area (Å²) in [6, 6.07) is 0. The zero-order valence-corrected chi connectivity index (χ0v) is 8.60. The van der Waals surface area contributed by atoms with Gasteiger partial charge in [0.05, 0.1) is 11.1 Å². The van der Waals surface area contributed by atoms with Crippen molar-refractivity contribution in [3.05, 3.63) is 17.2 Å². The Labute approximate surface area is 90.5 Å². The molecule has 0 bridgehead atoms. The van der Waals surface area contributed by atoms with Gasteiger partial charge in [-0.25, -0.2) is 9.97 Å². The minimum absolute atomic E-state index is 0.354. The van der Waals surface area contributed by atoms with E-state index < -0.39 is 0 Å². The van der Waals surface area contributed by atoms with Crippen molar-refractivity contribution >= 4 is 35.3 Å². The van der Waals surface area contributed by atoms with Gasteiger partial charge in [-0.2, -0.15) is 17.7 Å². The van der Waals surface area contributed by atoms with Gasteiger partial charge in [0.25, 0.3) is 0 Å². The maximum atomic E-state index is 5.88. The van der Waals surface area contributed by atoms with Crippen molar-refractivity contribution in [2.24, 2.45) is 0 Å². The van der Waals surface area contributed by atoms with E-state index in [4.69, 9.17) is 11.6 Å². The van der Waals surface area contributed by atoms with Crippen LogP contribution in [0.4, 0.5) is 0 Å². The van der Waals surface area contributed by atoms with Crippen molar-refractivity contribution in [3.8, 4) is 11.8 Å². The van der Waals surface area contributed by atoms with Crippen LogP contribution in [0.2, 0.25) is 5.15 Å². The Bertz CT molecular complexity index is 525. The van der Waals surface area contributed by atoms with Crippen LogP contribution < -0.4 is 0 Å². The largest absolute Gasteiger partial charge is 0.267 e. The smallest absolute Gasteiger partial charge is 0.186 e. The van der Waals surface area contributed by atoms with E-state index >= 15 is 0 Å². The molecule has 2 rings (SSSR count). The molecule has 0 aliphatic heterocycles. The summed E-state index contributed by atoms with van der Waals surface area (Å²) >= 11 is 9.86.